The lowest BCUT2D eigenvalue weighted by molar-refractivity contribution is -0.118. The Morgan fingerprint density at radius 3 is 2.20 bits per heavy atom. The maximum Gasteiger partial charge on any atom is 0.137 e. The molecule has 150 valence electrons. The second kappa shape index (κ2) is 9.54. The topological polar surface area (TPSA) is 17.1 Å². The molecule has 0 saturated carbocycles. The molecular weight excluding hydrogens is 364 g/mol. The van der Waals surface area contributed by atoms with Gasteiger partial charge in [0.1, 0.15) is 5.78 Å². The van der Waals surface area contributed by atoms with Crippen LogP contribution < -0.4 is 0 Å². The van der Waals surface area contributed by atoms with E-state index in [1.807, 2.05) is 12.1 Å². The van der Waals surface area contributed by atoms with E-state index < -0.39 is 0 Å². The summed E-state index contributed by atoms with van der Waals surface area (Å²) in [6.45, 7) is 2.08. The number of benzene rings is 3. The molecule has 3 aromatic carbocycles. The van der Waals surface area contributed by atoms with Gasteiger partial charge in [0.15, 0.2) is 0 Å². The molecule has 1 aliphatic rings. The molecule has 0 spiro atoms. The molecule has 30 heavy (non-hydrogen) atoms. The van der Waals surface area contributed by atoms with Crippen molar-refractivity contribution in [2.45, 2.75) is 32.6 Å². The van der Waals surface area contributed by atoms with Crippen LogP contribution in [0.1, 0.15) is 35.1 Å². The van der Waals surface area contributed by atoms with Crippen molar-refractivity contribution < 1.29 is 4.79 Å². The van der Waals surface area contributed by atoms with Gasteiger partial charge >= 0.3 is 0 Å². The monoisotopic (exact) mass is 392 g/mol. The lowest BCUT2D eigenvalue weighted by Crippen LogP contribution is -2.10. The summed E-state index contributed by atoms with van der Waals surface area (Å²) in [5.74, 6) is 0.651. The molecule has 0 saturated heterocycles. The first kappa shape index (κ1) is 20.1. The molecular formula is C29H28O. The number of carbonyl (C=O) groups is 1. The van der Waals surface area contributed by atoms with Crippen LogP contribution in [0.4, 0.5) is 0 Å². The molecule has 0 fully saturated rings. The van der Waals surface area contributed by atoms with Crippen LogP contribution in [0, 0.1) is 12.8 Å². The number of aryl methyl sites for hydroxylation is 1. The number of ketones is 1. The third-order valence-corrected chi connectivity index (χ3v) is 6.03. The third kappa shape index (κ3) is 4.86. The highest BCUT2D eigenvalue weighted by Gasteiger charge is 2.24. The van der Waals surface area contributed by atoms with Crippen LogP contribution in [0.5, 0.6) is 0 Å². The summed E-state index contributed by atoms with van der Waals surface area (Å²) in [5, 5.41) is 0. The molecule has 0 heterocycles. The second-order valence-corrected chi connectivity index (χ2v) is 8.11. The van der Waals surface area contributed by atoms with Crippen LogP contribution in [0.15, 0.2) is 103 Å². The fourth-order valence-electron chi connectivity index (χ4n) is 4.30. The van der Waals surface area contributed by atoms with E-state index in [4.69, 9.17) is 0 Å². The van der Waals surface area contributed by atoms with Gasteiger partial charge < -0.3 is 0 Å². The fraction of sp³-hybridized carbons (Fsp3) is 0.207. The summed E-state index contributed by atoms with van der Waals surface area (Å²) in [6, 6.07) is 29.5. The SMILES string of the molecule is Cc1ccccc1CC(=O)CCC1=CC=C(c2ccccc2)C1Cc1ccccc1. The van der Waals surface area contributed by atoms with Gasteiger partial charge in [0.05, 0.1) is 0 Å². The van der Waals surface area contributed by atoms with Crippen LogP contribution in [0.25, 0.3) is 5.57 Å². The van der Waals surface area contributed by atoms with E-state index in [9.17, 15) is 4.79 Å². The Labute approximate surface area is 179 Å². The van der Waals surface area contributed by atoms with E-state index in [1.54, 1.807) is 0 Å². The van der Waals surface area contributed by atoms with Gasteiger partial charge in [0.25, 0.3) is 0 Å². The standard InChI is InChI=1S/C29H28O/c1-22-10-8-9-15-26(22)21-27(30)18-16-25-17-19-28(24-13-6-3-7-14-24)29(25)20-23-11-4-2-5-12-23/h2-15,17,19,29H,16,18,20-21H2,1H3. The average Bonchev–Trinajstić information content (AvgIpc) is 3.17. The van der Waals surface area contributed by atoms with Gasteiger partial charge in [0.2, 0.25) is 0 Å². The van der Waals surface area contributed by atoms with Crippen molar-refractivity contribution in [1.29, 1.82) is 0 Å². The molecule has 0 N–H and O–H groups in total. The quantitative estimate of drug-likeness (QED) is 0.413. The predicted octanol–water partition coefficient (Wildman–Crippen LogP) is 6.77. The van der Waals surface area contributed by atoms with E-state index in [0.717, 1.165) is 18.4 Å². The summed E-state index contributed by atoms with van der Waals surface area (Å²) >= 11 is 0. The van der Waals surface area contributed by atoms with Crippen molar-refractivity contribution in [2.75, 3.05) is 0 Å². The zero-order valence-corrected chi connectivity index (χ0v) is 17.6. The van der Waals surface area contributed by atoms with Crippen molar-refractivity contribution in [3.63, 3.8) is 0 Å². The molecule has 0 aliphatic heterocycles. The van der Waals surface area contributed by atoms with Crippen molar-refractivity contribution in [3.8, 4) is 0 Å². The smallest absolute Gasteiger partial charge is 0.137 e. The highest BCUT2D eigenvalue weighted by molar-refractivity contribution is 5.82. The molecule has 0 amide bonds. The Balaban J connectivity index is 1.46. The summed E-state index contributed by atoms with van der Waals surface area (Å²) in [4.78, 5) is 12.7. The molecule has 1 nitrogen and oxygen atoms in total. The third-order valence-electron chi connectivity index (χ3n) is 6.03. The first-order chi connectivity index (χ1) is 14.7. The first-order valence-corrected chi connectivity index (χ1v) is 10.8. The van der Waals surface area contributed by atoms with E-state index >= 15 is 0 Å². The molecule has 1 aliphatic carbocycles. The molecule has 1 atom stereocenters. The van der Waals surface area contributed by atoms with Crippen LogP contribution in [-0.4, -0.2) is 5.78 Å². The van der Waals surface area contributed by atoms with Crippen LogP contribution >= 0.6 is 0 Å². The maximum absolute atomic E-state index is 12.7. The Morgan fingerprint density at radius 2 is 1.47 bits per heavy atom. The van der Waals surface area contributed by atoms with Gasteiger partial charge in [-0.15, -0.1) is 0 Å². The van der Waals surface area contributed by atoms with Gasteiger partial charge in [-0.25, -0.2) is 0 Å². The second-order valence-electron chi connectivity index (χ2n) is 8.11. The van der Waals surface area contributed by atoms with Crippen molar-refractivity contribution >= 4 is 11.4 Å². The van der Waals surface area contributed by atoms with Gasteiger partial charge in [-0.05, 0) is 47.6 Å². The van der Waals surface area contributed by atoms with Crippen molar-refractivity contribution in [3.05, 3.63) is 125 Å². The summed E-state index contributed by atoms with van der Waals surface area (Å²) in [7, 11) is 0. The van der Waals surface area contributed by atoms with Crippen LogP contribution in [0.3, 0.4) is 0 Å². The van der Waals surface area contributed by atoms with Crippen LogP contribution in [-0.2, 0) is 17.6 Å². The summed E-state index contributed by atoms with van der Waals surface area (Å²) in [5.41, 5.74) is 7.68. The molecule has 0 bridgehead atoms. The summed E-state index contributed by atoms with van der Waals surface area (Å²) in [6.07, 6.45) is 7.43. The van der Waals surface area contributed by atoms with Crippen molar-refractivity contribution in [2.24, 2.45) is 5.92 Å². The summed E-state index contributed by atoms with van der Waals surface area (Å²) < 4.78 is 0. The van der Waals surface area contributed by atoms with Gasteiger partial charge in [-0.1, -0.05) is 103 Å². The van der Waals surface area contributed by atoms with E-state index in [-0.39, 0.29) is 0 Å². The molecule has 0 aromatic heterocycles. The van der Waals surface area contributed by atoms with Crippen molar-refractivity contribution in [1.82, 2.24) is 0 Å². The van der Waals surface area contributed by atoms with Gasteiger partial charge in [-0.3, -0.25) is 4.79 Å². The Hall–Kier alpha value is -3.19. The Bertz CT molecular complexity index is 1060. The zero-order chi connectivity index (χ0) is 20.8. The molecule has 1 unspecified atom stereocenters. The molecule has 1 heteroatoms. The van der Waals surface area contributed by atoms with E-state index in [0.29, 0.717) is 24.5 Å². The zero-order valence-electron chi connectivity index (χ0n) is 17.6. The van der Waals surface area contributed by atoms with Gasteiger partial charge in [0, 0.05) is 18.8 Å². The Morgan fingerprint density at radius 1 is 0.800 bits per heavy atom. The molecule has 0 radical (unpaired) electrons. The fourth-order valence-corrected chi connectivity index (χ4v) is 4.30. The first-order valence-electron chi connectivity index (χ1n) is 10.8. The number of carbonyl (C=O) groups excluding carboxylic acids is 1. The highest BCUT2D eigenvalue weighted by Crippen LogP contribution is 2.38. The Kier molecular flexibility index (Phi) is 6.39. The average molecular weight is 393 g/mol. The lowest BCUT2D eigenvalue weighted by atomic mass is 9.83. The minimum absolute atomic E-state index is 0.317. The maximum atomic E-state index is 12.7. The normalized spacial score (nSPS) is 15.6. The number of rotatable bonds is 8. The minimum Gasteiger partial charge on any atom is -0.299 e. The van der Waals surface area contributed by atoms with Gasteiger partial charge in [-0.2, -0.15) is 0 Å². The minimum atomic E-state index is 0.317. The predicted molar refractivity (Wildman–Crippen MR) is 125 cm³/mol. The number of hydrogen-bond donors (Lipinski definition) is 0. The van der Waals surface area contributed by atoms with E-state index in [2.05, 4.69) is 91.9 Å². The lowest BCUT2D eigenvalue weighted by Gasteiger charge is -2.20. The molecule has 4 rings (SSSR count). The largest absolute Gasteiger partial charge is 0.299 e. The number of Topliss-reactive ketones (excluding diaryl/α,β-unsaturated/α-hetero) is 1. The highest BCUT2D eigenvalue weighted by atomic mass is 16.1. The van der Waals surface area contributed by atoms with Crippen LogP contribution in [0.2, 0.25) is 0 Å². The number of hydrogen-bond acceptors (Lipinski definition) is 1. The van der Waals surface area contributed by atoms with E-state index in [1.165, 1.54) is 27.8 Å². The molecule has 3 aromatic rings. The number of allylic oxidation sites excluding steroid dienone is 4.